The third kappa shape index (κ3) is 7.34. The first-order valence-electron chi connectivity index (χ1n) is 13.0. The van der Waals surface area contributed by atoms with E-state index in [0.717, 1.165) is 38.0 Å². The number of urea groups is 1. The highest BCUT2D eigenvalue weighted by Crippen LogP contribution is 2.19. The average molecular weight is 563 g/mol. The molecule has 0 unspecified atom stereocenters. The lowest BCUT2D eigenvalue weighted by Crippen LogP contribution is -2.60. The Morgan fingerprint density at radius 3 is 2.33 bits per heavy atom. The van der Waals surface area contributed by atoms with Crippen molar-refractivity contribution in [3.8, 4) is 5.69 Å². The Bertz CT molecular complexity index is 1220. The summed E-state index contributed by atoms with van der Waals surface area (Å²) in [6, 6.07) is 7.39. The van der Waals surface area contributed by atoms with Crippen LogP contribution in [0.1, 0.15) is 30.9 Å². The summed E-state index contributed by atoms with van der Waals surface area (Å²) in [5, 5.41) is 12.0. The van der Waals surface area contributed by atoms with Crippen LogP contribution in [0.3, 0.4) is 0 Å². The summed E-state index contributed by atoms with van der Waals surface area (Å²) in [6.45, 7) is 7.08. The van der Waals surface area contributed by atoms with Crippen molar-refractivity contribution in [1.82, 2.24) is 24.3 Å². The van der Waals surface area contributed by atoms with Crippen LogP contribution in [-0.4, -0.2) is 98.8 Å². The third-order valence-electron chi connectivity index (χ3n) is 7.34. The topological polar surface area (TPSA) is 163 Å². The van der Waals surface area contributed by atoms with E-state index >= 15 is 0 Å². The molecule has 0 radical (unpaired) electrons. The first kappa shape index (κ1) is 30.5. The minimum atomic E-state index is -1.35. The van der Waals surface area contributed by atoms with Crippen LogP contribution in [0.5, 0.6) is 0 Å². The van der Waals surface area contributed by atoms with E-state index in [2.05, 4.69) is 15.2 Å². The SMILES string of the molecule is Cc1cc(-n2ccc(NC(=O)N3CCN(C(=O)[C@@](C)(N)CO)CC3)nc2=O)ccc1CN1CCC(N)CC1.Cl. The molecular formula is C26H39ClN8O4. The van der Waals surface area contributed by atoms with E-state index < -0.39 is 23.9 Å². The number of benzene rings is 1. The zero-order valence-corrected chi connectivity index (χ0v) is 23.3. The second kappa shape index (κ2) is 12.9. The molecule has 3 heterocycles. The van der Waals surface area contributed by atoms with Gasteiger partial charge in [0.25, 0.3) is 0 Å². The molecular weight excluding hydrogens is 524 g/mol. The van der Waals surface area contributed by atoms with E-state index in [0.29, 0.717) is 37.9 Å². The van der Waals surface area contributed by atoms with Gasteiger partial charge in [0, 0.05) is 45.0 Å². The highest BCUT2D eigenvalue weighted by Gasteiger charge is 2.34. The van der Waals surface area contributed by atoms with E-state index in [1.54, 1.807) is 17.2 Å². The molecule has 2 aliphatic heterocycles. The summed E-state index contributed by atoms with van der Waals surface area (Å²) in [5.41, 5.74) is 13.0. The number of hydrogen-bond donors (Lipinski definition) is 4. The summed E-state index contributed by atoms with van der Waals surface area (Å²) in [6.07, 6.45) is 3.61. The number of piperidine rings is 1. The predicted octanol–water partition coefficient (Wildman–Crippen LogP) is 0.272. The first-order valence-corrected chi connectivity index (χ1v) is 13.0. The molecule has 214 valence electrons. The van der Waals surface area contributed by atoms with Crippen molar-refractivity contribution < 1.29 is 14.7 Å². The number of nitrogens with one attached hydrogen (secondary N) is 1. The number of carbonyl (C=O) groups is 2. The Labute approximate surface area is 234 Å². The van der Waals surface area contributed by atoms with Gasteiger partial charge in [0.15, 0.2) is 0 Å². The Balaban J connectivity index is 0.00000420. The molecule has 2 aromatic rings. The minimum Gasteiger partial charge on any atom is -0.394 e. The fourth-order valence-corrected chi connectivity index (χ4v) is 4.76. The minimum absolute atomic E-state index is 0. The van der Waals surface area contributed by atoms with Gasteiger partial charge in [0.2, 0.25) is 5.91 Å². The van der Waals surface area contributed by atoms with Gasteiger partial charge in [-0.05, 0) is 69.1 Å². The van der Waals surface area contributed by atoms with Crippen molar-refractivity contribution in [2.45, 2.75) is 44.8 Å². The first-order chi connectivity index (χ1) is 18.1. The second-order valence-electron chi connectivity index (χ2n) is 10.5. The second-order valence-corrected chi connectivity index (χ2v) is 10.5. The molecule has 3 amide bonds. The number of aliphatic hydroxyl groups excluding tert-OH is 1. The van der Waals surface area contributed by atoms with Gasteiger partial charge in [-0.1, -0.05) is 6.07 Å². The summed E-state index contributed by atoms with van der Waals surface area (Å²) < 4.78 is 1.45. The number of amides is 3. The molecule has 13 heteroatoms. The summed E-state index contributed by atoms with van der Waals surface area (Å²) in [7, 11) is 0. The Morgan fingerprint density at radius 1 is 1.10 bits per heavy atom. The maximum Gasteiger partial charge on any atom is 0.354 e. The zero-order chi connectivity index (χ0) is 27.4. The smallest absolute Gasteiger partial charge is 0.354 e. The molecule has 1 aromatic carbocycles. The maximum atomic E-state index is 12.8. The Morgan fingerprint density at radius 2 is 1.74 bits per heavy atom. The number of aryl methyl sites for hydroxylation is 1. The normalized spacial score (nSPS) is 18.3. The van der Waals surface area contributed by atoms with Crippen LogP contribution in [0.15, 0.2) is 35.3 Å². The molecule has 0 saturated carbocycles. The highest BCUT2D eigenvalue weighted by atomic mass is 35.5. The number of aliphatic hydroxyl groups is 1. The fraction of sp³-hybridized carbons (Fsp3) is 0.538. The number of halogens is 1. The number of carbonyl (C=O) groups excluding carboxylic acids is 2. The molecule has 1 atom stereocenters. The van der Waals surface area contributed by atoms with Crippen LogP contribution < -0.4 is 22.5 Å². The number of nitrogens with zero attached hydrogens (tertiary/aromatic N) is 5. The van der Waals surface area contributed by atoms with Gasteiger partial charge in [-0.25, -0.2) is 9.59 Å². The fourth-order valence-electron chi connectivity index (χ4n) is 4.76. The van der Waals surface area contributed by atoms with Gasteiger partial charge in [0.05, 0.1) is 12.3 Å². The maximum absolute atomic E-state index is 12.8. The summed E-state index contributed by atoms with van der Waals surface area (Å²) in [5.74, 6) is -0.203. The number of nitrogens with two attached hydrogens (primary N) is 2. The van der Waals surface area contributed by atoms with E-state index in [1.807, 2.05) is 25.1 Å². The van der Waals surface area contributed by atoms with Gasteiger partial charge < -0.3 is 26.4 Å². The molecule has 1 aromatic heterocycles. The molecule has 6 N–H and O–H groups in total. The number of aromatic nitrogens is 2. The molecule has 0 aliphatic carbocycles. The Hall–Kier alpha value is -3.03. The zero-order valence-electron chi connectivity index (χ0n) is 22.5. The third-order valence-corrected chi connectivity index (χ3v) is 7.34. The van der Waals surface area contributed by atoms with Gasteiger partial charge in [-0.2, -0.15) is 4.98 Å². The standard InChI is InChI=1S/C26H38N8O4.ClH/c1-18-15-21(4-3-19(18)16-31-8-5-20(27)6-9-31)34-10-7-22(30-25(34)38)29-24(37)33-13-11-32(12-14-33)23(36)26(2,28)17-35;/h3-4,7,10,15,20,35H,5-6,8-9,11-14,16-17,27-28H2,1-2H3,(H,29,30,37,38);1H/t26-;/m0./s1. The van der Waals surface area contributed by atoms with Crippen LogP contribution in [0.2, 0.25) is 0 Å². The molecule has 39 heavy (non-hydrogen) atoms. The van der Waals surface area contributed by atoms with Crippen molar-refractivity contribution in [3.05, 3.63) is 52.1 Å². The molecule has 2 fully saturated rings. The van der Waals surface area contributed by atoms with Crippen LogP contribution in [0.4, 0.5) is 10.6 Å². The van der Waals surface area contributed by atoms with Gasteiger partial charge in [-0.15, -0.1) is 12.4 Å². The number of likely N-dealkylation sites (tertiary alicyclic amines) is 1. The largest absolute Gasteiger partial charge is 0.394 e. The van der Waals surface area contributed by atoms with E-state index in [1.165, 1.54) is 22.0 Å². The lowest BCUT2D eigenvalue weighted by atomic mass is 10.0. The number of hydrogen-bond acceptors (Lipinski definition) is 8. The molecule has 4 rings (SSSR count). The van der Waals surface area contributed by atoms with E-state index in [4.69, 9.17) is 11.5 Å². The van der Waals surface area contributed by atoms with Crippen molar-refractivity contribution >= 4 is 30.2 Å². The van der Waals surface area contributed by atoms with Crippen molar-refractivity contribution in [3.63, 3.8) is 0 Å². The summed E-state index contributed by atoms with van der Waals surface area (Å²) in [4.78, 5) is 47.4. The average Bonchev–Trinajstić information content (AvgIpc) is 2.91. The van der Waals surface area contributed by atoms with Gasteiger partial charge in [0.1, 0.15) is 11.4 Å². The van der Waals surface area contributed by atoms with Crippen LogP contribution >= 0.6 is 12.4 Å². The number of anilines is 1. The molecule has 0 spiro atoms. The predicted molar refractivity (Wildman–Crippen MR) is 151 cm³/mol. The van der Waals surface area contributed by atoms with Crippen molar-refractivity contribution in [2.75, 3.05) is 51.2 Å². The van der Waals surface area contributed by atoms with Crippen molar-refractivity contribution in [2.24, 2.45) is 11.5 Å². The van der Waals surface area contributed by atoms with E-state index in [-0.39, 0.29) is 24.1 Å². The Kier molecular flexibility index (Phi) is 10.1. The summed E-state index contributed by atoms with van der Waals surface area (Å²) >= 11 is 0. The lowest BCUT2D eigenvalue weighted by Gasteiger charge is -2.37. The lowest BCUT2D eigenvalue weighted by molar-refractivity contribution is -0.139. The molecule has 2 saturated heterocycles. The van der Waals surface area contributed by atoms with Crippen LogP contribution in [0.25, 0.3) is 5.69 Å². The number of piperazine rings is 1. The highest BCUT2D eigenvalue weighted by molar-refractivity contribution is 5.89. The van der Waals surface area contributed by atoms with Gasteiger partial charge >= 0.3 is 11.7 Å². The molecule has 0 bridgehead atoms. The molecule has 12 nitrogen and oxygen atoms in total. The quantitative estimate of drug-likeness (QED) is 0.390. The van der Waals surface area contributed by atoms with Gasteiger partial charge in [-0.3, -0.25) is 19.6 Å². The monoisotopic (exact) mass is 562 g/mol. The molecule has 2 aliphatic rings. The van der Waals surface area contributed by atoms with E-state index in [9.17, 15) is 19.5 Å². The van der Waals surface area contributed by atoms with Crippen LogP contribution in [-0.2, 0) is 11.3 Å². The van der Waals surface area contributed by atoms with Crippen molar-refractivity contribution in [1.29, 1.82) is 0 Å². The van der Waals surface area contributed by atoms with Crippen LogP contribution in [0, 0.1) is 6.92 Å². The number of rotatable bonds is 6.